The average Bonchev–Trinajstić information content (AvgIpc) is 2.51. The Balaban J connectivity index is 2.17. The number of carboxylic acids is 1. The third-order valence-electron chi connectivity index (χ3n) is 2.54. The number of nitrogens with zero attached hydrogens (tertiary/aromatic N) is 1. The van der Waals surface area contributed by atoms with E-state index in [0.717, 1.165) is 19.5 Å². The molecule has 1 fully saturated rings. The van der Waals surface area contributed by atoms with Crippen LogP contribution < -0.4 is 0 Å². The van der Waals surface area contributed by atoms with Crippen LogP contribution in [-0.4, -0.2) is 35.1 Å². The first kappa shape index (κ1) is 9.52. The van der Waals surface area contributed by atoms with E-state index in [9.17, 15) is 4.79 Å². The van der Waals surface area contributed by atoms with Crippen molar-refractivity contribution in [3.05, 3.63) is 0 Å². The van der Waals surface area contributed by atoms with Crippen molar-refractivity contribution in [2.24, 2.45) is 0 Å². The van der Waals surface area contributed by atoms with Crippen molar-refractivity contribution >= 4 is 5.97 Å². The molecule has 0 aromatic heterocycles. The Bertz CT molecular complexity index is 153. The first-order valence-electron chi connectivity index (χ1n) is 4.66. The minimum absolute atomic E-state index is 0.303. The van der Waals surface area contributed by atoms with Crippen molar-refractivity contribution in [1.29, 1.82) is 0 Å². The summed E-state index contributed by atoms with van der Waals surface area (Å²) in [6.07, 6.45) is 3.64. The van der Waals surface area contributed by atoms with E-state index in [2.05, 4.69) is 11.8 Å². The SMILES string of the molecule is C[C@H](CCC(=O)O)N1CCCC1. The lowest BCUT2D eigenvalue weighted by atomic mass is 10.1. The van der Waals surface area contributed by atoms with E-state index in [4.69, 9.17) is 5.11 Å². The van der Waals surface area contributed by atoms with Crippen LogP contribution in [0.15, 0.2) is 0 Å². The van der Waals surface area contributed by atoms with Gasteiger partial charge in [-0.15, -0.1) is 0 Å². The number of hydrogen-bond donors (Lipinski definition) is 1. The molecule has 0 aromatic rings. The summed E-state index contributed by atoms with van der Waals surface area (Å²) in [7, 11) is 0. The van der Waals surface area contributed by atoms with Crippen molar-refractivity contribution < 1.29 is 9.90 Å². The van der Waals surface area contributed by atoms with Crippen LogP contribution >= 0.6 is 0 Å². The minimum Gasteiger partial charge on any atom is -0.481 e. The lowest BCUT2D eigenvalue weighted by molar-refractivity contribution is -0.137. The molecule has 0 radical (unpaired) electrons. The molecule has 1 aliphatic heterocycles. The summed E-state index contributed by atoms with van der Waals surface area (Å²) in [5, 5.41) is 8.49. The van der Waals surface area contributed by atoms with Gasteiger partial charge in [-0.05, 0) is 39.3 Å². The molecule has 1 heterocycles. The molecule has 1 N–H and O–H groups in total. The lowest BCUT2D eigenvalue weighted by Gasteiger charge is -2.22. The topological polar surface area (TPSA) is 40.5 Å². The van der Waals surface area contributed by atoms with Crippen LogP contribution in [0.1, 0.15) is 32.6 Å². The van der Waals surface area contributed by atoms with Gasteiger partial charge in [0.1, 0.15) is 0 Å². The van der Waals surface area contributed by atoms with Gasteiger partial charge in [0, 0.05) is 12.5 Å². The minimum atomic E-state index is -0.680. The molecule has 0 aromatic carbocycles. The number of likely N-dealkylation sites (tertiary alicyclic amines) is 1. The summed E-state index contributed by atoms with van der Waals surface area (Å²) in [5.74, 6) is -0.680. The van der Waals surface area contributed by atoms with Crippen LogP contribution in [0.5, 0.6) is 0 Å². The first-order valence-corrected chi connectivity index (χ1v) is 4.66. The zero-order chi connectivity index (χ0) is 8.97. The Labute approximate surface area is 73.4 Å². The Morgan fingerprint density at radius 1 is 1.50 bits per heavy atom. The van der Waals surface area contributed by atoms with Gasteiger partial charge >= 0.3 is 5.97 Å². The second kappa shape index (κ2) is 4.45. The Morgan fingerprint density at radius 3 is 2.58 bits per heavy atom. The predicted octanol–water partition coefficient (Wildman–Crippen LogP) is 1.34. The monoisotopic (exact) mass is 171 g/mol. The van der Waals surface area contributed by atoms with Gasteiger partial charge in [-0.2, -0.15) is 0 Å². The quantitative estimate of drug-likeness (QED) is 0.693. The van der Waals surface area contributed by atoms with Gasteiger partial charge in [0.05, 0.1) is 0 Å². The summed E-state index contributed by atoms with van der Waals surface area (Å²) in [4.78, 5) is 12.7. The fourth-order valence-corrected chi connectivity index (χ4v) is 1.70. The molecule has 0 spiro atoms. The van der Waals surface area contributed by atoms with Gasteiger partial charge in [-0.3, -0.25) is 4.79 Å². The van der Waals surface area contributed by atoms with E-state index in [-0.39, 0.29) is 0 Å². The molecule has 0 aliphatic carbocycles. The molecule has 3 nitrogen and oxygen atoms in total. The smallest absolute Gasteiger partial charge is 0.303 e. The number of rotatable bonds is 4. The van der Waals surface area contributed by atoms with E-state index < -0.39 is 5.97 Å². The highest BCUT2D eigenvalue weighted by Gasteiger charge is 2.18. The van der Waals surface area contributed by atoms with E-state index in [1.807, 2.05) is 0 Å². The van der Waals surface area contributed by atoms with Gasteiger partial charge in [0.15, 0.2) is 0 Å². The highest BCUT2D eigenvalue weighted by molar-refractivity contribution is 5.66. The van der Waals surface area contributed by atoms with Crippen LogP contribution in [0.2, 0.25) is 0 Å². The molecule has 1 rings (SSSR count). The Kier molecular flexibility index (Phi) is 3.53. The average molecular weight is 171 g/mol. The molecule has 0 amide bonds. The largest absolute Gasteiger partial charge is 0.481 e. The Morgan fingerprint density at radius 2 is 2.08 bits per heavy atom. The Hall–Kier alpha value is -0.570. The van der Waals surface area contributed by atoms with Gasteiger partial charge in [0.2, 0.25) is 0 Å². The molecular formula is C9H17NO2. The summed E-state index contributed by atoms with van der Waals surface area (Å²) >= 11 is 0. The third-order valence-corrected chi connectivity index (χ3v) is 2.54. The third kappa shape index (κ3) is 2.81. The van der Waals surface area contributed by atoms with Crippen molar-refractivity contribution in [1.82, 2.24) is 4.90 Å². The molecule has 1 aliphatic rings. The standard InChI is InChI=1S/C9H17NO2/c1-8(4-5-9(11)12)10-6-2-3-7-10/h8H,2-7H2,1H3,(H,11,12)/t8-/m1/s1. The second-order valence-corrected chi connectivity index (χ2v) is 3.52. The maximum Gasteiger partial charge on any atom is 0.303 e. The first-order chi connectivity index (χ1) is 5.70. The highest BCUT2D eigenvalue weighted by Crippen LogP contribution is 2.14. The summed E-state index contributed by atoms with van der Waals surface area (Å²) in [6.45, 7) is 4.43. The fourth-order valence-electron chi connectivity index (χ4n) is 1.70. The van der Waals surface area contributed by atoms with Gasteiger partial charge in [0.25, 0.3) is 0 Å². The molecule has 3 heteroatoms. The van der Waals surface area contributed by atoms with Crippen molar-refractivity contribution in [3.8, 4) is 0 Å². The molecular weight excluding hydrogens is 154 g/mol. The summed E-state index contributed by atoms with van der Waals surface area (Å²) in [6, 6.07) is 0.448. The lowest BCUT2D eigenvalue weighted by Crippen LogP contribution is -2.30. The van der Waals surface area contributed by atoms with Crippen LogP contribution in [0.3, 0.4) is 0 Å². The van der Waals surface area contributed by atoms with Crippen LogP contribution in [0, 0.1) is 0 Å². The molecule has 12 heavy (non-hydrogen) atoms. The second-order valence-electron chi connectivity index (χ2n) is 3.52. The number of carbonyl (C=O) groups is 1. The number of aliphatic carboxylic acids is 1. The van der Waals surface area contributed by atoms with Crippen LogP contribution in [0.25, 0.3) is 0 Å². The molecule has 0 unspecified atom stereocenters. The van der Waals surface area contributed by atoms with Gasteiger partial charge in [-0.1, -0.05) is 0 Å². The van der Waals surface area contributed by atoms with E-state index in [1.165, 1.54) is 12.8 Å². The number of hydrogen-bond acceptors (Lipinski definition) is 2. The van der Waals surface area contributed by atoms with Gasteiger partial charge < -0.3 is 10.0 Å². The van der Waals surface area contributed by atoms with Crippen molar-refractivity contribution in [2.45, 2.75) is 38.6 Å². The van der Waals surface area contributed by atoms with Crippen molar-refractivity contribution in [2.75, 3.05) is 13.1 Å². The zero-order valence-electron chi connectivity index (χ0n) is 7.62. The zero-order valence-corrected chi connectivity index (χ0v) is 7.62. The van der Waals surface area contributed by atoms with Crippen LogP contribution in [0.4, 0.5) is 0 Å². The molecule has 0 bridgehead atoms. The highest BCUT2D eigenvalue weighted by atomic mass is 16.4. The maximum atomic E-state index is 10.3. The van der Waals surface area contributed by atoms with Crippen LogP contribution in [-0.2, 0) is 4.79 Å². The summed E-state index contributed by atoms with van der Waals surface area (Å²) in [5.41, 5.74) is 0. The maximum absolute atomic E-state index is 10.3. The molecule has 70 valence electrons. The van der Waals surface area contributed by atoms with E-state index >= 15 is 0 Å². The van der Waals surface area contributed by atoms with E-state index in [1.54, 1.807) is 0 Å². The van der Waals surface area contributed by atoms with Gasteiger partial charge in [-0.25, -0.2) is 0 Å². The normalized spacial score (nSPS) is 21.1. The molecule has 1 saturated heterocycles. The molecule has 1 atom stereocenters. The van der Waals surface area contributed by atoms with Crippen molar-refractivity contribution in [3.63, 3.8) is 0 Å². The molecule has 0 saturated carbocycles. The summed E-state index contributed by atoms with van der Waals surface area (Å²) < 4.78 is 0. The van der Waals surface area contributed by atoms with E-state index in [0.29, 0.717) is 12.5 Å². The number of carboxylic acid groups (broad SMARTS) is 1. The fraction of sp³-hybridized carbons (Fsp3) is 0.889. The predicted molar refractivity (Wildman–Crippen MR) is 47.1 cm³/mol.